The molecule has 0 fully saturated rings. The lowest BCUT2D eigenvalue weighted by Crippen LogP contribution is -2.16. The van der Waals surface area contributed by atoms with E-state index in [0.29, 0.717) is 11.1 Å². The van der Waals surface area contributed by atoms with Gasteiger partial charge in [-0.3, -0.25) is 0 Å². The summed E-state index contributed by atoms with van der Waals surface area (Å²) in [4.78, 5) is 0. The lowest BCUT2D eigenvalue weighted by molar-refractivity contribution is -0.274. The third kappa shape index (κ3) is 2.94. The molecule has 2 rings (SSSR count). The fourth-order valence-corrected chi connectivity index (χ4v) is 1.57. The number of rotatable bonds is 2. The molecule has 18 heavy (non-hydrogen) atoms. The van der Waals surface area contributed by atoms with E-state index < -0.39 is 12.1 Å². The Labute approximate surface area is 101 Å². The average molecular weight is 254 g/mol. The number of aromatic hydroxyl groups is 1. The van der Waals surface area contributed by atoms with Crippen LogP contribution in [0.5, 0.6) is 11.5 Å². The maximum absolute atomic E-state index is 12.0. The predicted octanol–water partition coefficient (Wildman–Crippen LogP) is 3.96. The summed E-state index contributed by atoms with van der Waals surface area (Å²) in [6, 6.07) is 12.3. The molecule has 2 aromatic rings. The van der Waals surface area contributed by atoms with E-state index in [1.54, 1.807) is 24.3 Å². The van der Waals surface area contributed by atoms with Crippen molar-refractivity contribution in [3.8, 4) is 22.6 Å². The normalized spacial score (nSPS) is 11.3. The molecule has 0 aromatic heterocycles. The van der Waals surface area contributed by atoms with Crippen molar-refractivity contribution in [3.63, 3.8) is 0 Å². The number of hydrogen-bond acceptors (Lipinski definition) is 2. The van der Waals surface area contributed by atoms with Gasteiger partial charge in [-0.05, 0) is 17.7 Å². The first-order valence-corrected chi connectivity index (χ1v) is 5.10. The summed E-state index contributed by atoms with van der Waals surface area (Å²) in [5.41, 5.74) is 1.17. The van der Waals surface area contributed by atoms with E-state index in [9.17, 15) is 18.3 Å². The van der Waals surface area contributed by atoms with Gasteiger partial charge in [0, 0.05) is 11.6 Å². The highest BCUT2D eigenvalue weighted by molar-refractivity contribution is 5.70. The van der Waals surface area contributed by atoms with Crippen LogP contribution in [0.4, 0.5) is 13.2 Å². The van der Waals surface area contributed by atoms with Gasteiger partial charge in [0.05, 0.1) is 0 Å². The van der Waals surface area contributed by atoms with Crippen molar-refractivity contribution < 1.29 is 23.0 Å². The average Bonchev–Trinajstić information content (AvgIpc) is 2.28. The molecule has 0 spiro atoms. The molecule has 2 nitrogen and oxygen atoms in total. The zero-order valence-corrected chi connectivity index (χ0v) is 9.11. The Hall–Kier alpha value is -2.17. The molecule has 0 atom stereocenters. The molecular weight excluding hydrogens is 245 g/mol. The fraction of sp³-hybridized carbons (Fsp3) is 0.0769. The summed E-state index contributed by atoms with van der Waals surface area (Å²) in [5, 5.41) is 9.69. The van der Waals surface area contributed by atoms with Gasteiger partial charge in [0.1, 0.15) is 11.5 Å². The van der Waals surface area contributed by atoms with Gasteiger partial charge in [0.15, 0.2) is 0 Å². The topological polar surface area (TPSA) is 29.5 Å². The minimum Gasteiger partial charge on any atom is -0.507 e. The Morgan fingerprint density at radius 2 is 1.61 bits per heavy atom. The molecule has 0 heterocycles. The largest absolute Gasteiger partial charge is 0.573 e. The summed E-state index contributed by atoms with van der Waals surface area (Å²) in [6.07, 6.45) is -4.76. The SMILES string of the molecule is Oc1cc(OC(F)(F)F)ccc1-c1ccccc1. The van der Waals surface area contributed by atoms with Crippen molar-refractivity contribution in [1.29, 1.82) is 0 Å². The third-order valence-electron chi connectivity index (χ3n) is 2.29. The maximum Gasteiger partial charge on any atom is 0.573 e. The van der Waals surface area contributed by atoms with E-state index in [1.165, 1.54) is 6.07 Å². The number of phenols is 1. The maximum atomic E-state index is 12.0. The van der Waals surface area contributed by atoms with Crippen molar-refractivity contribution in [1.82, 2.24) is 0 Å². The van der Waals surface area contributed by atoms with E-state index in [4.69, 9.17) is 0 Å². The third-order valence-corrected chi connectivity index (χ3v) is 2.29. The number of ether oxygens (including phenoxy) is 1. The quantitative estimate of drug-likeness (QED) is 0.879. The van der Waals surface area contributed by atoms with Gasteiger partial charge in [0.2, 0.25) is 0 Å². The molecule has 0 saturated carbocycles. The smallest absolute Gasteiger partial charge is 0.507 e. The fourth-order valence-electron chi connectivity index (χ4n) is 1.57. The van der Waals surface area contributed by atoms with Crippen LogP contribution in [0.15, 0.2) is 48.5 Å². The van der Waals surface area contributed by atoms with Gasteiger partial charge in [-0.15, -0.1) is 13.2 Å². The molecule has 2 aromatic carbocycles. The van der Waals surface area contributed by atoms with Crippen molar-refractivity contribution >= 4 is 0 Å². The van der Waals surface area contributed by atoms with E-state index in [0.717, 1.165) is 12.1 Å². The first-order chi connectivity index (χ1) is 8.46. The summed E-state index contributed by atoms with van der Waals surface area (Å²) < 4.78 is 39.7. The van der Waals surface area contributed by atoms with Gasteiger partial charge >= 0.3 is 6.36 Å². The predicted molar refractivity (Wildman–Crippen MR) is 60.2 cm³/mol. The summed E-state index contributed by atoms with van der Waals surface area (Å²) in [7, 11) is 0. The van der Waals surface area contributed by atoms with Crippen molar-refractivity contribution in [3.05, 3.63) is 48.5 Å². The van der Waals surface area contributed by atoms with E-state index in [2.05, 4.69) is 4.74 Å². The molecule has 0 aliphatic rings. The molecule has 5 heteroatoms. The molecule has 0 aliphatic heterocycles. The van der Waals surface area contributed by atoms with Crippen LogP contribution in [-0.2, 0) is 0 Å². The second-order valence-electron chi connectivity index (χ2n) is 3.59. The van der Waals surface area contributed by atoms with Gasteiger partial charge in [-0.2, -0.15) is 0 Å². The minimum atomic E-state index is -4.76. The van der Waals surface area contributed by atoms with Crippen LogP contribution < -0.4 is 4.74 Å². The van der Waals surface area contributed by atoms with E-state index in [1.807, 2.05) is 6.07 Å². The van der Waals surface area contributed by atoms with E-state index in [-0.39, 0.29) is 5.75 Å². The first kappa shape index (κ1) is 12.3. The van der Waals surface area contributed by atoms with Gasteiger partial charge < -0.3 is 9.84 Å². The lowest BCUT2D eigenvalue weighted by Gasteiger charge is -2.10. The Morgan fingerprint density at radius 1 is 0.944 bits per heavy atom. The number of hydrogen-bond donors (Lipinski definition) is 1. The molecule has 0 aliphatic carbocycles. The number of alkyl halides is 3. The zero-order chi connectivity index (χ0) is 13.2. The molecule has 0 bridgehead atoms. The Kier molecular flexibility index (Phi) is 3.14. The zero-order valence-electron chi connectivity index (χ0n) is 9.11. The van der Waals surface area contributed by atoms with Crippen molar-refractivity contribution in [2.45, 2.75) is 6.36 Å². The summed E-state index contributed by atoms with van der Waals surface area (Å²) >= 11 is 0. The van der Waals surface area contributed by atoms with Crippen molar-refractivity contribution in [2.75, 3.05) is 0 Å². The molecule has 94 valence electrons. The minimum absolute atomic E-state index is 0.261. The molecule has 0 unspecified atom stereocenters. The molecular formula is C13H9F3O2. The Morgan fingerprint density at radius 3 is 2.17 bits per heavy atom. The summed E-state index contributed by atoms with van der Waals surface area (Å²) in [5.74, 6) is -0.706. The van der Waals surface area contributed by atoms with Gasteiger partial charge in [-0.1, -0.05) is 30.3 Å². The van der Waals surface area contributed by atoms with Crippen LogP contribution in [0.3, 0.4) is 0 Å². The lowest BCUT2D eigenvalue weighted by atomic mass is 10.0. The van der Waals surface area contributed by atoms with Crippen LogP contribution >= 0.6 is 0 Å². The van der Waals surface area contributed by atoms with E-state index >= 15 is 0 Å². The second kappa shape index (κ2) is 4.60. The number of benzene rings is 2. The first-order valence-electron chi connectivity index (χ1n) is 5.10. The standard InChI is InChI=1S/C13H9F3O2/c14-13(15,16)18-10-6-7-11(12(17)8-10)9-4-2-1-3-5-9/h1-8,17H. The molecule has 1 N–H and O–H groups in total. The number of halogens is 3. The Balaban J connectivity index is 2.32. The van der Waals surface area contributed by atoms with Crippen LogP contribution in [0.25, 0.3) is 11.1 Å². The van der Waals surface area contributed by atoms with Crippen LogP contribution in [-0.4, -0.2) is 11.5 Å². The molecule has 0 amide bonds. The van der Waals surface area contributed by atoms with Gasteiger partial charge in [0.25, 0.3) is 0 Å². The van der Waals surface area contributed by atoms with Crippen molar-refractivity contribution in [2.24, 2.45) is 0 Å². The van der Waals surface area contributed by atoms with Crippen LogP contribution in [0, 0.1) is 0 Å². The Bertz CT molecular complexity index is 536. The van der Waals surface area contributed by atoms with Gasteiger partial charge in [-0.25, -0.2) is 0 Å². The van der Waals surface area contributed by atoms with Crippen LogP contribution in [0.2, 0.25) is 0 Å². The van der Waals surface area contributed by atoms with Crippen LogP contribution in [0.1, 0.15) is 0 Å². The molecule has 0 radical (unpaired) electrons. The monoisotopic (exact) mass is 254 g/mol. The highest BCUT2D eigenvalue weighted by Crippen LogP contribution is 2.34. The summed E-state index contributed by atoms with van der Waals surface area (Å²) in [6.45, 7) is 0. The second-order valence-corrected chi connectivity index (χ2v) is 3.59. The highest BCUT2D eigenvalue weighted by Gasteiger charge is 2.31. The highest BCUT2D eigenvalue weighted by atomic mass is 19.4. The number of phenolic OH excluding ortho intramolecular Hbond substituents is 1. The molecule has 0 saturated heterocycles.